The average Bonchev–Trinajstić information content (AvgIpc) is 2.54. The molecule has 0 amide bonds. The quantitative estimate of drug-likeness (QED) is 0.635. The topological polar surface area (TPSA) is 63.8 Å². The maximum Gasteiger partial charge on any atom is 0.152 e. The van der Waals surface area contributed by atoms with Crippen LogP contribution in [0, 0.1) is 13.8 Å². The maximum atomic E-state index is 5.52. The molecular formula is C11H16N4S. The van der Waals surface area contributed by atoms with Gasteiger partial charge in [-0.05, 0) is 25.8 Å². The van der Waals surface area contributed by atoms with Gasteiger partial charge in [0.2, 0.25) is 0 Å². The van der Waals surface area contributed by atoms with Gasteiger partial charge < -0.3 is 5.43 Å². The van der Waals surface area contributed by atoms with Crippen LogP contribution in [0.4, 0.5) is 5.82 Å². The predicted octanol–water partition coefficient (Wildman–Crippen LogP) is 2.55. The van der Waals surface area contributed by atoms with Crippen LogP contribution in [0.25, 0.3) is 10.2 Å². The van der Waals surface area contributed by atoms with E-state index in [9.17, 15) is 0 Å². The molecule has 0 atom stereocenters. The number of aryl methyl sites for hydroxylation is 3. The van der Waals surface area contributed by atoms with Gasteiger partial charge >= 0.3 is 0 Å². The Bertz CT molecular complexity index is 518. The third-order valence-electron chi connectivity index (χ3n) is 2.69. The highest BCUT2D eigenvalue weighted by atomic mass is 32.1. The van der Waals surface area contributed by atoms with E-state index < -0.39 is 0 Å². The van der Waals surface area contributed by atoms with Crippen LogP contribution in [0.3, 0.4) is 0 Å². The number of aromatic nitrogens is 2. The molecule has 0 fully saturated rings. The number of hydrazine groups is 1. The molecule has 0 aliphatic rings. The lowest BCUT2D eigenvalue weighted by molar-refractivity contribution is 0.846. The Kier molecular flexibility index (Phi) is 3.07. The van der Waals surface area contributed by atoms with E-state index in [0.29, 0.717) is 0 Å². The summed E-state index contributed by atoms with van der Waals surface area (Å²) >= 11 is 1.70. The summed E-state index contributed by atoms with van der Waals surface area (Å²) in [6.07, 6.45) is 1.93. The first-order chi connectivity index (χ1) is 7.67. The first-order valence-corrected chi connectivity index (χ1v) is 6.22. The molecule has 2 heterocycles. The van der Waals surface area contributed by atoms with Gasteiger partial charge in [-0.25, -0.2) is 15.8 Å². The number of anilines is 1. The van der Waals surface area contributed by atoms with Crippen molar-refractivity contribution in [3.8, 4) is 0 Å². The van der Waals surface area contributed by atoms with Crippen molar-refractivity contribution in [2.75, 3.05) is 5.43 Å². The molecule has 0 aromatic carbocycles. The van der Waals surface area contributed by atoms with Crippen molar-refractivity contribution in [1.29, 1.82) is 0 Å². The molecule has 0 radical (unpaired) electrons. The molecule has 0 aliphatic heterocycles. The zero-order valence-corrected chi connectivity index (χ0v) is 10.6. The van der Waals surface area contributed by atoms with Gasteiger partial charge in [-0.15, -0.1) is 11.3 Å². The molecule has 2 aromatic heterocycles. The highest BCUT2D eigenvalue weighted by Crippen LogP contribution is 2.32. The molecule has 86 valence electrons. The molecule has 2 aromatic rings. The van der Waals surface area contributed by atoms with Crippen LogP contribution >= 0.6 is 11.3 Å². The minimum Gasteiger partial charge on any atom is -0.308 e. The smallest absolute Gasteiger partial charge is 0.152 e. The number of nitrogens with one attached hydrogen (secondary N) is 1. The van der Waals surface area contributed by atoms with Crippen LogP contribution in [0.1, 0.15) is 29.6 Å². The molecular weight excluding hydrogens is 220 g/mol. The summed E-state index contributed by atoms with van der Waals surface area (Å²) in [5, 5.41) is 1.06. The second-order valence-corrected chi connectivity index (χ2v) is 5.05. The molecule has 0 saturated carbocycles. The number of nitrogens with zero attached hydrogens (tertiary/aromatic N) is 2. The largest absolute Gasteiger partial charge is 0.308 e. The van der Waals surface area contributed by atoms with Gasteiger partial charge in [0.15, 0.2) is 5.82 Å². The summed E-state index contributed by atoms with van der Waals surface area (Å²) in [6, 6.07) is 0. The van der Waals surface area contributed by atoms with Crippen LogP contribution in [-0.2, 0) is 6.42 Å². The number of fused-ring (bicyclic) bond motifs is 1. The number of nitrogens with two attached hydrogens (primary N) is 1. The molecule has 0 spiro atoms. The van der Waals surface area contributed by atoms with Crippen molar-refractivity contribution < 1.29 is 0 Å². The van der Waals surface area contributed by atoms with E-state index in [0.717, 1.165) is 34.7 Å². The van der Waals surface area contributed by atoms with Crippen LogP contribution in [0.5, 0.6) is 0 Å². The first-order valence-electron chi connectivity index (χ1n) is 5.40. The third kappa shape index (κ3) is 1.76. The molecule has 16 heavy (non-hydrogen) atoms. The lowest BCUT2D eigenvalue weighted by Gasteiger charge is -2.05. The van der Waals surface area contributed by atoms with Gasteiger partial charge in [0.05, 0.1) is 5.39 Å². The Morgan fingerprint density at radius 3 is 2.69 bits per heavy atom. The standard InChI is InChI=1S/C11H16N4S/c1-4-5-8-13-10(15-12)9-6(2)7(3)16-11(9)14-8/h4-5,12H2,1-3H3,(H,13,14,15). The van der Waals surface area contributed by atoms with E-state index in [1.54, 1.807) is 11.3 Å². The maximum absolute atomic E-state index is 5.52. The van der Waals surface area contributed by atoms with Crippen molar-refractivity contribution in [2.24, 2.45) is 5.84 Å². The van der Waals surface area contributed by atoms with E-state index in [1.165, 1.54) is 10.4 Å². The Balaban J connectivity index is 2.68. The minimum absolute atomic E-state index is 0.746. The van der Waals surface area contributed by atoms with Crippen LogP contribution in [0.15, 0.2) is 0 Å². The van der Waals surface area contributed by atoms with Crippen LogP contribution in [0.2, 0.25) is 0 Å². The van der Waals surface area contributed by atoms with Crippen molar-refractivity contribution in [2.45, 2.75) is 33.6 Å². The Morgan fingerprint density at radius 1 is 1.31 bits per heavy atom. The normalized spacial score (nSPS) is 11.0. The third-order valence-corrected chi connectivity index (χ3v) is 3.79. The van der Waals surface area contributed by atoms with Gasteiger partial charge in [0.1, 0.15) is 10.7 Å². The van der Waals surface area contributed by atoms with Crippen LogP contribution < -0.4 is 11.3 Å². The van der Waals surface area contributed by atoms with E-state index in [1.807, 2.05) is 0 Å². The second-order valence-electron chi connectivity index (χ2n) is 3.85. The fraction of sp³-hybridized carbons (Fsp3) is 0.455. The molecule has 0 saturated heterocycles. The summed E-state index contributed by atoms with van der Waals surface area (Å²) < 4.78 is 0. The molecule has 2 rings (SSSR count). The average molecular weight is 236 g/mol. The second kappa shape index (κ2) is 4.35. The van der Waals surface area contributed by atoms with Gasteiger partial charge in [-0.3, -0.25) is 0 Å². The predicted molar refractivity (Wildman–Crippen MR) is 68.7 cm³/mol. The zero-order valence-electron chi connectivity index (χ0n) is 9.79. The first kappa shape index (κ1) is 11.3. The summed E-state index contributed by atoms with van der Waals surface area (Å²) in [6.45, 7) is 6.30. The molecule has 3 N–H and O–H groups in total. The van der Waals surface area contributed by atoms with Gasteiger partial charge in [-0.1, -0.05) is 6.92 Å². The summed E-state index contributed by atoms with van der Waals surface area (Å²) in [5.41, 5.74) is 3.90. The van der Waals surface area contributed by atoms with Crippen molar-refractivity contribution in [1.82, 2.24) is 9.97 Å². The van der Waals surface area contributed by atoms with E-state index in [-0.39, 0.29) is 0 Å². The highest BCUT2D eigenvalue weighted by molar-refractivity contribution is 7.18. The number of rotatable bonds is 3. The van der Waals surface area contributed by atoms with Crippen molar-refractivity contribution in [3.63, 3.8) is 0 Å². The lowest BCUT2D eigenvalue weighted by atomic mass is 10.2. The van der Waals surface area contributed by atoms with E-state index >= 15 is 0 Å². The number of thiophene rings is 1. The highest BCUT2D eigenvalue weighted by Gasteiger charge is 2.13. The van der Waals surface area contributed by atoms with Gasteiger partial charge in [0.25, 0.3) is 0 Å². The molecule has 0 aliphatic carbocycles. The van der Waals surface area contributed by atoms with Gasteiger partial charge in [0, 0.05) is 11.3 Å². The number of hydrogen-bond acceptors (Lipinski definition) is 5. The van der Waals surface area contributed by atoms with E-state index in [4.69, 9.17) is 5.84 Å². The fourth-order valence-electron chi connectivity index (χ4n) is 1.73. The number of hydrogen-bond donors (Lipinski definition) is 2. The molecule has 0 bridgehead atoms. The summed E-state index contributed by atoms with van der Waals surface area (Å²) in [7, 11) is 0. The molecule has 5 heteroatoms. The molecule has 0 unspecified atom stereocenters. The van der Waals surface area contributed by atoms with Crippen LogP contribution in [-0.4, -0.2) is 9.97 Å². The minimum atomic E-state index is 0.746. The van der Waals surface area contributed by atoms with Crippen molar-refractivity contribution in [3.05, 3.63) is 16.3 Å². The summed E-state index contributed by atoms with van der Waals surface area (Å²) in [5.74, 6) is 7.13. The number of nitrogen functional groups attached to an aromatic ring is 1. The monoisotopic (exact) mass is 236 g/mol. The molecule has 4 nitrogen and oxygen atoms in total. The Labute approximate surface area is 98.9 Å². The summed E-state index contributed by atoms with van der Waals surface area (Å²) in [4.78, 5) is 11.3. The van der Waals surface area contributed by atoms with Crippen molar-refractivity contribution >= 4 is 27.4 Å². The Morgan fingerprint density at radius 2 is 2.06 bits per heavy atom. The van der Waals surface area contributed by atoms with E-state index in [2.05, 4.69) is 36.2 Å². The zero-order chi connectivity index (χ0) is 11.7. The lowest BCUT2D eigenvalue weighted by Crippen LogP contribution is -2.11. The fourth-order valence-corrected chi connectivity index (χ4v) is 2.78. The van der Waals surface area contributed by atoms with Gasteiger partial charge in [-0.2, -0.15) is 0 Å². The Hall–Kier alpha value is -1.20. The SMILES string of the molecule is CCCc1nc(NN)c2c(C)c(C)sc2n1.